The Balaban J connectivity index is 1.22. The molecule has 2 aromatic rings. The predicted octanol–water partition coefficient (Wildman–Crippen LogP) is 3.52. The van der Waals surface area contributed by atoms with E-state index in [0.29, 0.717) is 18.4 Å². The van der Waals surface area contributed by atoms with Gasteiger partial charge in [-0.05, 0) is 43.4 Å². The van der Waals surface area contributed by atoms with Crippen LogP contribution in [0.25, 0.3) is 0 Å². The maximum absolute atomic E-state index is 6.42. The van der Waals surface area contributed by atoms with Gasteiger partial charge in [0.25, 0.3) is 0 Å². The van der Waals surface area contributed by atoms with Crippen LogP contribution >= 0.6 is 0 Å². The summed E-state index contributed by atoms with van der Waals surface area (Å²) < 4.78 is 20.8. The highest BCUT2D eigenvalue weighted by Crippen LogP contribution is 2.62. The molecule has 0 radical (unpaired) electrons. The summed E-state index contributed by atoms with van der Waals surface area (Å²) in [6.07, 6.45) is 5.72. The number of ether oxygens (including phenoxy) is 3. The maximum atomic E-state index is 6.42. The largest absolute Gasteiger partial charge is 0.465 e. The van der Waals surface area contributed by atoms with Crippen molar-refractivity contribution < 1.29 is 24.0 Å². The smallest absolute Gasteiger partial charge is 0.205 e. The second-order valence-corrected chi connectivity index (χ2v) is 9.80. The number of aromatic nitrogens is 3. The summed E-state index contributed by atoms with van der Waals surface area (Å²) in [5, 5.41) is 7.86. The molecule has 2 unspecified atom stereocenters. The van der Waals surface area contributed by atoms with Crippen LogP contribution in [0, 0.1) is 23.7 Å². The molecule has 1 spiro atoms. The van der Waals surface area contributed by atoms with Gasteiger partial charge >= 0.3 is 0 Å². The molecule has 31 heavy (non-hydrogen) atoms. The minimum Gasteiger partial charge on any atom is -0.465 e. The lowest BCUT2D eigenvalue weighted by molar-refractivity contribution is -0.614. The molecule has 8 atom stereocenters. The van der Waals surface area contributed by atoms with E-state index in [-0.39, 0.29) is 11.8 Å². The summed E-state index contributed by atoms with van der Waals surface area (Å²) in [5.74, 6) is 1.34. The van der Waals surface area contributed by atoms with Gasteiger partial charge in [-0.15, -0.1) is 5.10 Å². The van der Waals surface area contributed by atoms with Gasteiger partial charge in [0, 0.05) is 30.4 Å². The molecule has 0 N–H and O–H groups in total. The van der Waals surface area contributed by atoms with Crippen LogP contribution in [0.3, 0.4) is 0 Å². The van der Waals surface area contributed by atoms with Gasteiger partial charge in [0.1, 0.15) is 5.75 Å². The van der Waals surface area contributed by atoms with Crippen molar-refractivity contribution in [2.24, 2.45) is 23.7 Å². The first-order valence-electron chi connectivity index (χ1n) is 11.3. The third-order valence-electron chi connectivity index (χ3n) is 7.77. The number of nitrogens with zero attached hydrogens (tertiary/aromatic N) is 3. The van der Waals surface area contributed by atoms with E-state index < -0.39 is 24.0 Å². The zero-order chi connectivity index (χ0) is 21.2. The van der Waals surface area contributed by atoms with Gasteiger partial charge in [-0.1, -0.05) is 31.2 Å². The SMILES string of the molecule is C[C@@H]1CCC2[C@@H](C)[C@@H](Oc3ccc(Cn4ccnn4)cc3)O[C@@H]3O[C@]4(C)CC1[C@@]23OO4. The molecule has 8 nitrogen and oxygen atoms in total. The quantitative estimate of drug-likeness (QED) is 0.691. The fourth-order valence-corrected chi connectivity index (χ4v) is 6.13. The van der Waals surface area contributed by atoms with E-state index >= 15 is 0 Å². The molecule has 0 amide bonds. The summed E-state index contributed by atoms with van der Waals surface area (Å²) in [7, 11) is 0. The van der Waals surface area contributed by atoms with E-state index in [1.807, 2.05) is 37.4 Å². The zero-order valence-corrected chi connectivity index (χ0v) is 18.1. The molecule has 5 fully saturated rings. The fourth-order valence-electron chi connectivity index (χ4n) is 6.13. The van der Waals surface area contributed by atoms with E-state index in [4.69, 9.17) is 24.0 Å². The zero-order valence-electron chi connectivity index (χ0n) is 18.1. The van der Waals surface area contributed by atoms with E-state index in [0.717, 1.165) is 24.2 Å². The first kappa shape index (κ1) is 19.7. The fraction of sp³-hybridized carbons (Fsp3) is 0.652. The Hall–Kier alpha value is -2.00. The molecule has 5 heterocycles. The molecule has 1 aromatic heterocycles. The number of hydrogen-bond donors (Lipinski definition) is 0. The third kappa shape index (κ3) is 3.03. The summed E-state index contributed by atoms with van der Waals surface area (Å²) in [6.45, 7) is 7.12. The predicted molar refractivity (Wildman–Crippen MR) is 108 cm³/mol. The molecule has 8 heteroatoms. The Morgan fingerprint density at radius 2 is 1.97 bits per heavy atom. The lowest BCUT2D eigenvalue weighted by Crippen LogP contribution is -2.76. The van der Waals surface area contributed by atoms with Gasteiger partial charge < -0.3 is 14.2 Å². The Bertz CT molecular complexity index is 937. The number of hydrogen-bond acceptors (Lipinski definition) is 7. The van der Waals surface area contributed by atoms with Crippen molar-refractivity contribution in [3.63, 3.8) is 0 Å². The Kier molecular flexibility index (Phi) is 4.44. The molecule has 2 bridgehead atoms. The second-order valence-electron chi connectivity index (χ2n) is 9.80. The van der Waals surface area contributed by atoms with Crippen LogP contribution in [-0.2, 0) is 25.8 Å². The first-order valence-corrected chi connectivity index (χ1v) is 11.3. The van der Waals surface area contributed by atoms with Crippen LogP contribution in [0.1, 0.15) is 45.6 Å². The minimum atomic E-state index is -0.763. The summed E-state index contributed by atoms with van der Waals surface area (Å²) >= 11 is 0. The molecule has 5 aliphatic rings. The summed E-state index contributed by atoms with van der Waals surface area (Å²) in [4.78, 5) is 11.8. The van der Waals surface area contributed by atoms with Crippen LogP contribution in [0.15, 0.2) is 36.7 Å². The average molecular weight is 428 g/mol. The lowest BCUT2D eigenvalue weighted by atomic mass is 9.56. The topological polar surface area (TPSA) is 76.9 Å². The van der Waals surface area contributed by atoms with Gasteiger partial charge in [-0.25, -0.2) is 14.5 Å². The molecule has 4 aliphatic heterocycles. The van der Waals surface area contributed by atoms with Gasteiger partial charge in [0.15, 0.2) is 11.9 Å². The monoisotopic (exact) mass is 427 g/mol. The van der Waals surface area contributed by atoms with E-state index in [9.17, 15) is 0 Å². The molecule has 1 aromatic carbocycles. The summed E-state index contributed by atoms with van der Waals surface area (Å²) in [5.41, 5.74) is 0.584. The third-order valence-corrected chi connectivity index (χ3v) is 7.77. The number of fused-ring (bicyclic) bond motifs is 1. The lowest BCUT2D eigenvalue weighted by Gasteiger charge is -2.66. The van der Waals surface area contributed by atoms with Crippen LogP contribution in [0.4, 0.5) is 0 Å². The molecule has 166 valence electrons. The molecule has 1 aliphatic carbocycles. The first-order chi connectivity index (χ1) is 15.0. The number of benzene rings is 1. The molecule has 7 rings (SSSR count). The van der Waals surface area contributed by atoms with Crippen LogP contribution in [-0.4, -0.2) is 39.0 Å². The van der Waals surface area contributed by atoms with Crippen molar-refractivity contribution in [2.45, 2.75) is 70.5 Å². The second kappa shape index (κ2) is 7.00. The molecular weight excluding hydrogens is 398 g/mol. The molecule has 1 saturated carbocycles. The standard InChI is InChI=1S/C23H29N3O5/c1-14-4-9-18-15(2)20(28-21-23(18)19(14)12-22(3,29-21)30-31-23)27-17-7-5-16(6-8-17)13-26-11-10-24-25-26/h5-8,10-11,14-15,18-21H,4,9,12-13H2,1-3H3/t14-,15-,18?,19?,20+,21-,22+,23+/m1/s1. The average Bonchev–Trinajstić information content (AvgIpc) is 3.27. The van der Waals surface area contributed by atoms with Crippen molar-refractivity contribution in [2.75, 3.05) is 0 Å². The summed E-state index contributed by atoms with van der Waals surface area (Å²) in [6, 6.07) is 8.04. The normalized spacial score (nSPS) is 43.5. The van der Waals surface area contributed by atoms with Gasteiger partial charge in [0.05, 0.1) is 12.7 Å². The van der Waals surface area contributed by atoms with E-state index in [1.165, 1.54) is 6.42 Å². The van der Waals surface area contributed by atoms with Crippen molar-refractivity contribution in [1.82, 2.24) is 15.0 Å². The highest BCUT2D eigenvalue weighted by atomic mass is 17.3. The van der Waals surface area contributed by atoms with Crippen molar-refractivity contribution in [3.8, 4) is 5.75 Å². The van der Waals surface area contributed by atoms with Crippen molar-refractivity contribution in [3.05, 3.63) is 42.2 Å². The van der Waals surface area contributed by atoms with Crippen LogP contribution in [0.2, 0.25) is 0 Å². The van der Waals surface area contributed by atoms with Gasteiger partial charge in [0.2, 0.25) is 12.1 Å². The Morgan fingerprint density at radius 1 is 1.13 bits per heavy atom. The number of rotatable bonds is 4. The van der Waals surface area contributed by atoms with Gasteiger partial charge in [-0.2, -0.15) is 0 Å². The molecule has 4 saturated heterocycles. The Morgan fingerprint density at radius 3 is 2.74 bits per heavy atom. The maximum Gasteiger partial charge on any atom is 0.205 e. The molecular formula is C23H29N3O5. The van der Waals surface area contributed by atoms with Crippen LogP contribution in [0.5, 0.6) is 5.75 Å². The van der Waals surface area contributed by atoms with E-state index in [1.54, 1.807) is 10.9 Å². The van der Waals surface area contributed by atoms with Crippen molar-refractivity contribution in [1.29, 1.82) is 0 Å². The Labute approximate surface area is 181 Å². The van der Waals surface area contributed by atoms with Gasteiger partial charge in [-0.3, -0.25) is 0 Å². The van der Waals surface area contributed by atoms with Crippen molar-refractivity contribution >= 4 is 0 Å². The minimum absolute atomic E-state index is 0.149. The highest BCUT2D eigenvalue weighted by molar-refractivity contribution is 5.27. The van der Waals surface area contributed by atoms with Crippen LogP contribution < -0.4 is 4.74 Å². The van der Waals surface area contributed by atoms with E-state index in [2.05, 4.69) is 24.2 Å². The highest BCUT2D eigenvalue weighted by Gasteiger charge is 2.72.